The number of para-hydroxylation sites is 1. The predicted molar refractivity (Wildman–Crippen MR) is 128 cm³/mol. The molecule has 1 fully saturated rings. The Hall–Kier alpha value is -2.78. The quantitative estimate of drug-likeness (QED) is 0.706. The summed E-state index contributed by atoms with van der Waals surface area (Å²) in [5.74, 6) is -0.430. The lowest BCUT2D eigenvalue weighted by Gasteiger charge is -2.34. The summed E-state index contributed by atoms with van der Waals surface area (Å²) in [7, 11) is -3.68. The number of hydrogen-bond acceptors (Lipinski definition) is 5. The molecule has 2 amide bonds. The van der Waals surface area contributed by atoms with Crippen LogP contribution in [0.15, 0.2) is 42.5 Å². The van der Waals surface area contributed by atoms with Crippen LogP contribution in [0.1, 0.15) is 36.0 Å². The first-order chi connectivity index (χ1) is 15.7. The second-order valence-electron chi connectivity index (χ2n) is 8.25. The fourth-order valence-electron chi connectivity index (χ4n) is 4.11. The highest BCUT2D eigenvalue weighted by molar-refractivity contribution is 7.92. The van der Waals surface area contributed by atoms with Crippen molar-refractivity contribution in [1.29, 1.82) is 0 Å². The number of halogens is 1. The number of hydrogen-bond donors (Lipinski definition) is 1. The van der Waals surface area contributed by atoms with Crippen molar-refractivity contribution in [2.24, 2.45) is 0 Å². The van der Waals surface area contributed by atoms with Gasteiger partial charge in [0.15, 0.2) is 6.10 Å². The topological polar surface area (TPSA) is 96.0 Å². The highest BCUT2D eigenvalue weighted by atomic mass is 35.5. The molecule has 0 aliphatic carbocycles. The number of carbonyl (C=O) groups excluding carboxylic acids is 2. The van der Waals surface area contributed by atoms with Gasteiger partial charge in [0.25, 0.3) is 11.8 Å². The Balaban J connectivity index is 1.57. The number of sulfonamides is 1. The molecule has 1 saturated heterocycles. The molecule has 1 atom stereocenters. The molecule has 0 radical (unpaired) electrons. The Labute approximate surface area is 198 Å². The number of likely N-dealkylation sites (tertiary alicyclic amines) is 1. The molecule has 4 rings (SSSR count). The number of nitrogens with one attached hydrogen (secondary N) is 1. The second-order valence-corrected chi connectivity index (χ2v) is 10.6. The molecular formula is C23H26ClN3O5S. The average molecular weight is 492 g/mol. The molecule has 2 aromatic rings. The molecule has 0 spiro atoms. The fraction of sp³-hybridized carbons (Fsp3) is 0.391. The lowest BCUT2D eigenvalue weighted by Crippen LogP contribution is -2.48. The van der Waals surface area contributed by atoms with Crippen LogP contribution in [0.5, 0.6) is 5.75 Å². The van der Waals surface area contributed by atoms with Gasteiger partial charge in [-0.1, -0.05) is 36.6 Å². The summed E-state index contributed by atoms with van der Waals surface area (Å²) in [6.45, 7) is 1.17. The Kier molecular flexibility index (Phi) is 6.81. The molecule has 0 aromatic heterocycles. The van der Waals surface area contributed by atoms with Crippen LogP contribution in [0, 0.1) is 0 Å². The zero-order chi connectivity index (χ0) is 23.6. The number of nitrogens with zero attached hydrogens (tertiary/aromatic N) is 2. The molecule has 1 N–H and O–H groups in total. The van der Waals surface area contributed by atoms with Crippen LogP contribution < -0.4 is 14.4 Å². The Morgan fingerprint density at radius 3 is 2.45 bits per heavy atom. The molecular weight excluding hydrogens is 466 g/mol. The monoisotopic (exact) mass is 491 g/mol. The van der Waals surface area contributed by atoms with Gasteiger partial charge in [-0.2, -0.15) is 0 Å². The van der Waals surface area contributed by atoms with E-state index in [1.807, 2.05) is 4.90 Å². The summed E-state index contributed by atoms with van der Waals surface area (Å²) < 4.78 is 31.7. The SMILES string of the molecule is CS(=O)(=O)N1C[C@@H](C(=O)Nc2ccccc2C(=O)N2CCCCCC2)Oc2ccc(Cl)cc21. The van der Waals surface area contributed by atoms with Crippen molar-refractivity contribution in [1.82, 2.24) is 4.90 Å². The molecule has 2 aromatic carbocycles. The van der Waals surface area contributed by atoms with Crippen LogP contribution in [0.4, 0.5) is 11.4 Å². The van der Waals surface area contributed by atoms with Crippen LogP contribution in [-0.4, -0.2) is 57.1 Å². The lowest BCUT2D eigenvalue weighted by molar-refractivity contribution is -0.122. The summed E-state index contributed by atoms with van der Waals surface area (Å²) in [5, 5.41) is 3.13. The van der Waals surface area contributed by atoms with Crippen LogP contribution in [0.3, 0.4) is 0 Å². The normalized spacial score (nSPS) is 18.7. The summed E-state index contributed by atoms with van der Waals surface area (Å²) in [6, 6.07) is 11.4. The van der Waals surface area contributed by atoms with E-state index in [4.69, 9.17) is 16.3 Å². The first kappa shape index (κ1) is 23.4. The number of fused-ring (bicyclic) bond motifs is 1. The standard InChI is InChI=1S/C23H26ClN3O5S/c1-33(30,31)27-15-21(32-20-11-10-16(24)14-19(20)27)22(28)25-18-9-5-4-8-17(18)23(29)26-12-6-2-3-7-13-26/h4-5,8-11,14,21H,2-3,6-7,12-13,15H2,1H3,(H,25,28)/t21-/m0/s1. The predicted octanol–water partition coefficient (Wildman–Crippen LogP) is 3.52. The molecule has 2 aliphatic heterocycles. The van der Waals surface area contributed by atoms with Gasteiger partial charge in [0, 0.05) is 18.1 Å². The molecule has 10 heteroatoms. The van der Waals surface area contributed by atoms with Crippen LogP contribution in [0.2, 0.25) is 5.02 Å². The number of amides is 2. The number of rotatable bonds is 4. The van der Waals surface area contributed by atoms with E-state index < -0.39 is 22.0 Å². The summed E-state index contributed by atoms with van der Waals surface area (Å²) >= 11 is 6.03. The number of benzene rings is 2. The van der Waals surface area contributed by atoms with Gasteiger partial charge >= 0.3 is 0 Å². The molecule has 8 nitrogen and oxygen atoms in total. The first-order valence-electron chi connectivity index (χ1n) is 10.9. The molecule has 2 aliphatic rings. The fourth-order valence-corrected chi connectivity index (χ4v) is 5.18. The van der Waals surface area contributed by atoms with Crippen molar-refractivity contribution in [3.63, 3.8) is 0 Å². The number of carbonyl (C=O) groups is 2. The highest BCUT2D eigenvalue weighted by Gasteiger charge is 2.35. The highest BCUT2D eigenvalue weighted by Crippen LogP contribution is 2.37. The second kappa shape index (κ2) is 9.61. The van der Waals surface area contributed by atoms with Gasteiger partial charge in [-0.25, -0.2) is 8.42 Å². The zero-order valence-corrected chi connectivity index (χ0v) is 19.9. The number of anilines is 2. The summed E-state index contributed by atoms with van der Waals surface area (Å²) in [5.41, 5.74) is 1.05. The van der Waals surface area contributed by atoms with E-state index in [2.05, 4.69) is 5.32 Å². The Morgan fingerprint density at radius 2 is 1.76 bits per heavy atom. The molecule has 0 unspecified atom stereocenters. The van der Waals surface area contributed by atoms with E-state index in [1.54, 1.807) is 30.3 Å². The van der Waals surface area contributed by atoms with Crippen LogP contribution >= 0.6 is 11.6 Å². The van der Waals surface area contributed by atoms with Crippen LogP contribution in [-0.2, 0) is 14.8 Å². The maximum atomic E-state index is 13.2. The van der Waals surface area contributed by atoms with Crippen molar-refractivity contribution in [3.05, 3.63) is 53.1 Å². The van der Waals surface area contributed by atoms with Gasteiger partial charge < -0.3 is 15.0 Å². The number of ether oxygens (including phenoxy) is 1. The van der Waals surface area contributed by atoms with Gasteiger partial charge in [-0.05, 0) is 43.2 Å². The van der Waals surface area contributed by atoms with Crippen molar-refractivity contribution in [3.8, 4) is 5.75 Å². The third kappa shape index (κ3) is 5.25. The Morgan fingerprint density at radius 1 is 1.06 bits per heavy atom. The summed E-state index contributed by atoms with van der Waals surface area (Å²) in [6.07, 6.45) is 4.08. The smallest absolute Gasteiger partial charge is 0.267 e. The molecule has 33 heavy (non-hydrogen) atoms. The minimum Gasteiger partial charge on any atom is -0.476 e. The van der Waals surface area contributed by atoms with Gasteiger partial charge in [0.1, 0.15) is 5.75 Å². The van der Waals surface area contributed by atoms with Crippen molar-refractivity contribution in [2.45, 2.75) is 31.8 Å². The van der Waals surface area contributed by atoms with Crippen LogP contribution in [0.25, 0.3) is 0 Å². The van der Waals surface area contributed by atoms with E-state index in [-0.39, 0.29) is 23.9 Å². The van der Waals surface area contributed by atoms with Gasteiger partial charge in [0.2, 0.25) is 10.0 Å². The maximum Gasteiger partial charge on any atom is 0.267 e. The van der Waals surface area contributed by atoms with E-state index in [0.717, 1.165) is 36.2 Å². The van der Waals surface area contributed by atoms with E-state index >= 15 is 0 Å². The summed E-state index contributed by atoms with van der Waals surface area (Å²) in [4.78, 5) is 28.1. The minimum atomic E-state index is -3.68. The average Bonchev–Trinajstić information content (AvgIpc) is 3.07. The Bertz CT molecular complexity index is 1160. The van der Waals surface area contributed by atoms with Gasteiger partial charge in [-0.3, -0.25) is 13.9 Å². The first-order valence-corrected chi connectivity index (χ1v) is 13.1. The largest absolute Gasteiger partial charge is 0.476 e. The minimum absolute atomic E-state index is 0.130. The van der Waals surface area contributed by atoms with Crippen molar-refractivity contribution < 1.29 is 22.7 Å². The van der Waals surface area contributed by atoms with E-state index in [1.165, 1.54) is 12.1 Å². The molecule has 0 saturated carbocycles. The maximum absolute atomic E-state index is 13.2. The molecule has 2 heterocycles. The zero-order valence-electron chi connectivity index (χ0n) is 18.3. The van der Waals surface area contributed by atoms with Gasteiger partial charge in [-0.15, -0.1) is 0 Å². The lowest BCUT2D eigenvalue weighted by atomic mass is 10.1. The molecule has 176 valence electrons. The van der Waals surface area contributed by atoms with Crippen molar-refractivity contribution >= 4 is 44.8 Å². The van der Waals surface area contributed by atoms with E-state index in [9.17, 15) is 18.0 Å². The van der Waals surface area contributed by atoms with Gasteiger partial charge in [0.05, 0.1) is 29.7 Å². The third-order valence-corrected chi connectivity index (χ3v) is 7.17. The third-order valence-electron chi connectivity index (χ3n) is 5.79. The van der Waals surface area contributed by atoms with Crippen molar-refractivity contribution in [2.75, 3.05) is 35.5 Å². The van der Waals surface area contributed by atoms with E-state index in [0.29, 0.717) is 29.4 Å². The molecule has 0 bridgehead atoms.